The lowest BCUT2D eigenvalue weighted by Gasteiger charge is -1.98. The molecule has 1 heterocycles. The smallest absolute Gasteiger partial charge is 0.116 e. The quantitative estimate of drug-likeness (QED) is 0.550. The average molecular weight is 136 g/mol. The SMILES string of the molecule is CC(=N)c1ncncc1N. The molecule has 0 aliphatic rings. The maximum absolute atomic E-state index is 7.21. The number of rotatable bonds is 1. The maximum Gasteiger partial charge on any atom is 0.116 e. The van der Waals surface area contributed by atoms with E-state index in [0.717, 1.165) is 0 Å². The Balaban J connectivity index is 3.15. The van der Waals surface area contributed by atoms with E-state index < -0.39 is 0 Å². The second-order valence-electron chi connectivity index (χ2n) is 1.95. The van der Waals surface area contributed by atoms with Crippen molar-refractivity contribution in [3.63, 3.8) is 0 Å². The second kappa shape index (κ2) is 2.43. The van der Waals surface area contributed by atoms with Crippen molar-refractivity contribution in [2.24, 2.45) is 0 Å². The van der Waals surface area contributed by atoms with Crippen molar-refractivity contribution in [3.05, 3.63) is 18.2 Å². The first-order chi connectivity index (χ1) is 4.72. The standard InChI is InChI=1S/C6H8N4/c1-4(7)6-5(8)2-9-3-10-6/h2-3,7H,8H2,1H3. The van der Waals surface area contributed by atoms with Gasteiger partial charge in [-0.1, -0.05) is 0 Å². The number of nitrogens with one attached hydrogen (secondary N) is 1. The summed E-state index contributed by atoms with van der Waals surface area (Å²) in [5, 5.41) is 7.21. The van der Waals surface area contributed by atoms with Gasteiger partial charge in [0.25, 0.3) is 0 Å². The number of nitrogens with two attached hydrogens (primary N) is 1. The van der Waals surface area contributed by atoms with Crippen molar-refractivity contribution in [1.82, 2.24) is 9.97 Å². The van der Waals surface area contributed by atoms with Gasteiger partial charge in [0.15, 0.2) is 0 Å². The molecule has 0 unspecified atom stereocenters. The van der Waals surface area contributed by atoms with Crippen LogP contribution in [0, 0.1) is 5.41 Å². The molecule has 1 aromatic rings. The van der Waals surface area contributed by atoms with Crippen LogP contribution in [0.2, 0.25) is 0 Å². The van der Waals surface area contributed by atoms with Gasteiger partial charge in [0.2, 0.25) is 0 Å². The molecule has 1 rings (SSSR count). The number of nitrogens with zero attached hydrogens (tertiary/aromatic N) is 2. The average Bonchev–Trinajstić information content (AvgIpc) is 1.88. The van der Waals surface area contributed by atoms with Gasteiger partial charge in [0, 0.05) is 0 Å². The molecule has 0 atom stereocenters. The number of aromatic nitrogens is 2. The monoisotopic (exact) mass is 136 g/mol. The minimum absolute atomic E-state index is 0.361. The summed E-state index contributed by atoms with van der Waals surface area (Å²) >= 11 is 0. The van der Waals surface area contributed by atoms with Crippen molar-refractivity contribution >= 4 is 11.4 Å². The van der Waals surface area contributed by atoms with E-state index in [1.165, 1.54) is 12.5 Å². The molecule has 0 aliphatic carbocycles. The third-order valence-electron chi connectivity index (χ3n) is 1.10. The van der Waals surface area contributed by atoms with Crippen molar-refractivity contribution in [2.45, 2.75) is 6.92 Å². The summed E-state index contributed by atoms with van der Waals surface area (Å²) in [6.45, 7) is 1.64. The molecule has 4 heteroatoms. The minimum atomic E-state index is 0.361. The summed E-state index contributed by atoms with van der Waals surface area (Å²) < 4.78 is 0. The van der Waals surface area contributed by atoms with E-state index in [1.807, 2.05) is 0 Å². The summed E-state index contributed by atoms with van der Waals surface area (Å²) in [5.74, 6) is 0. The van der Waals surface area contributed by atoms with Crippen LogP contribution in [0.3, 0.4) is 0 Å². The van der Waals surface area contributed by atoms with Gasteiger partial charge in [0.1, 0.15) is 12.0 Å². The molecule has 3 N–H and O–H groups in total. The van der Waals surface area contributed by atoms with Crippen molar-refractivity contribution in [3.8, 4) is 0 Å². The van der Waals surface area contributed by atoms with Crippen LogP contribution in [0.5, 0.6) is 0 Å². The molecule has 10 heavy (non-hydrogen) atoms. The summed E-state index contributed by atoms with van der Waals surface area (Å²) in [5.41, 5.74) is 6.78. The Morgan fingerprint density at radius 2 is 2.40 bits per heavy atom. The van der Waals surface area contributed by atoms with E-state index in [9.17, 15) is 0 Å². The molecule has 0 aromatic carbocycles. The van der Waals surface area contributed by atoms with Crippen LogP contribution >= 0.6 is 0 Å². The lowest BCUT2D eigenvalue weighted by Crippen LogP contribution is -2.02. The summed E-state index contributed by atoms with van der Waals surface area (Å²) in [6, 6.07) is 0. The van der Waals surface area contributed by atoms with Crippen LogP contribution in [0.15, 0.2) is 12.5 Å². The van der Waals surface area contributed by atoms with Crippen molar-refractivity contribution < 1.29 is 0 Å². The number of anilines is 1. The van der Waals surface area contributed by atoms with E-state index in [4.69, 9.17) is 11.1 Å². The van der Waals surface area contributed by atoms with E-state index in [-0.39, 0.29) is 0 Å². The maximum atomic E-state index is 7.21. The van der Waals surface area contributed by atoms with Crippen LogP contribution in [0.25, 0.3) is 0 Å². The molecule has 1 aromatic heterocycles. The Hall–Kier alpha value is -1.45. The van der Waals surface area contributed by atoms with Gasteiger partial charge in [-0.05, 0) is 6.92 Å². The van der Waals surface area contributed by atoms with Crippen LogP contribution < -0.4 is 5.73 Å². The fourth-order valence-corrected chi connectivity index (χ4v) is 0.654. The normalized spacial score (nSPS) is 9.30. The highest BCUT2D eigenvalue weighted by Gasteiger charge is 1.99. The molecule has 0 radical (unpaired) electrons. The fraction of sp³-hybridized carbons (Fsp3) is 0.167. The molecule has 0 aliphatic heterocycles. The third kappa shape index (κ3) is 1.10. The molecule has 52 valence electrons. The number of hydrogen-bond acceptors (Lipinski definition) is 4. The van der Waals surface area contributed by atoms with Crippen molar-refractivity contribution in [2.75, 3.05) is 5.73 Å². The minimum Gasteiger partial charge on any atom is -0.396 e. The van der Waals surface area contributed by atoms with Crippen LogP contribution in [-0.2, 0) is 0 Å². The van der Waals surface area contributed by atoms with Crippen LogP contribution in [-0.4, -0.2) is 15.7 Å². The first kappa shape index (κ1) is 6.67. The first-order valence-electron chi connectivity index (χ1n) is 2.83. The Bertz CT molecular complexity index is 256. The first-order valence-corrected chi connectivity index (χ1v) is 2.83. The molecule has 0 bridgehead atoms. The van der Waals surface area contributed by atoms with Gasteiger partial charge in [-0.3, -0.25) is 0 Å². The zero-order valence-corrected chi connectivity index (χ0v) is 5.63. The van der Waals surface area contributed by atoms with Crippen LogP contribution in [0.1, 0.15) is 12.6 Å². The lowest BCUT2D eigenvalue weighted by atomic mass is 10.2. The highest BCUT2D eigenvalue weighted by Crippen LogP contribution is 2.04. The van der Waals surface area contributed by atoms with Crippen molar-refractivity contribution in [1.29, 1.82) is 5.41 Å². The molecule has 0 spiro atoms. The predicted molar refractivity (Wildman–Crippen MR) is 38.9 cm³/mol. The number of hydrogen-bond donors (Lipinski definition) is 2. The molecule has 4 nitrogen and oxygen atoms in total. The van der Waals surface area contributed by atoms with E-state index in [1.54, 1.807) is 6.92 Å². The largest absolute Gasteiger partial charge is 0.396 e. The van der Waals surface area contributed by atoms with Gasteiger partial charge >= 0.3 is 0 Å². The van der Waals surface area contributed by atoms with Crippen LogP contribution in [0.4, 0.5) is 5.69 Å². The molecule has 0 fully saturated rings. The molecular formula is C6H8N4. The Morgan fingerprint density at radius 1 is 1.70 bits per heavy atom. The lowest BCUT2D eigenvalue weighted by molar-refractivity contribution is 1.15. The topological polar surface area (TPSA) is 75.7 Å². The van der Waals surface area contributed by atoms with E-state index >= 15 is 0 Å². The van der Waals surface area contributed by atoms with Gasteiger partial charge in [-0.25, -0.2) is 9.97 Å². The van der Waals surface area contributed by atoms with Gasteiger partial charge in [0.05, 0.1) is 17.6 Å². The zero-order chi connectivity index (χ0) is 7.56. The molecule has 0 amide bonds. The van der Waals surface area contributed by atoms with E-state index in [0.29, 0.717) is 17.1 Å². The molecule has 0 saturated heterocycles. The highest BCUT2D eigenvalue weighted by atomic mass is 14.9. The summed E-state index contributed by atoms with van der Waals surface area (Å²) in [6.07, 6.45) is 2.87. The van der Waals surface area contributed by atoms with E-state index in [2.05, 4.69) is 9.97 Å². The Kier molecular flexibility index (Phi) is 1.62. The number of nitrogen functional groups attached to an aromatic ring is 1. The molecule has 0 saturated carbocycles. The van der Waals surface area contributed by atoms with Gasteiger partial charge in [-0.15, -0.1) is 0 Å². The fourth-order valence-electron chi connectivity index (χ4n) is 0.654. The van der Waals surface area contributed by atoms with Gasteiger partial charge in [-0.2, -0.15) is 0 Å². The third-order valence-corrected chi connectivity index (χ3v) is 1.10. The Morgan fingerprint density at radius 3 is 2.80 bits per heavy atom. The zero-order valence-electron chi connectivity index (χ0n) is 5.63. The summed E-state index contributed by atoms with van der Waals surface area (Å²) in [7, 11) is 0. The Labute approximate surface area is 58.6 Å². The molecular weight excluding hydrogens is 128 g/mol. The second-order valence-corrected chi connectivity index (χ2v) is 1.95. The highest BCUT2D eigenvalue weighted by molar-refractivity contribution is 5.98. The predicted octanol–water partition coefficient (Wildman–Crippen LogP) is 0.447. The summed E-state index contributed by atoms with van der Waals surface area (Å²) in [4.78, 5) is 7.51. The van der Waals surface area contributed by atoms with Gasteiger partial charge < -0.3 is 11.1 Å².